The molecule has 52 heavy (non-hydrogen) atoms. The molecule has 0 spiro atoms. The van der Waals surface area contributed by atoms with Crippen LogP contribution in [0, 0.1) is 68.5 Å². The number of carboxylic acid groups (broad SMARTS) is 1. The Hall–Kier alpha value is -0.850. The van der Waals surface area contributed by atoms with Crippen LogP contribution in [0.2, 0.25) is 0 Å². The van der Waals surface area contributed by atoms with Gasteiger partial charge in [-0.25, -0.2) is 4.79 Å². The Labute approximate surface area is 312 Å². The third-order valence-electron chi connectivity index (χ3n) is 17.6. The van der Waals surface area contributed by atoms with Crippen molar-refractivity contribution in [3.63, 3.8) is 0 Å². The number of hydrogen-bond acceptors (Lipinski definition) is 9. The lowest BCUT2D eigenvalue weighted by Crippen LogP contribution is -2.66. The molecule has 300 valence electrons. The van der Waals surface area contributed by atoms with Crippen LogP contribution in [0.15, 0.2) is 0 Å². The topological polar surface area (TPSA) is 177 Å². The van der Waals surface area contributed by atoms with Gasteiger partial charge in [0.15, 0.2) is 12.4 Å². The highest BCUT2D eigenvalue weighted by molar-refractivity contribution is 5.73. The molecule has 1 aliphatic heterocycles. The maximum atomic E-state index is 11.4. The summed E-state index contributed by atoms with van der Waals surface area (Å²) in [5.74, 6) is 3.12. The molecule has 0 aromatic carbocycles. The summed E-state index contributed by atoms with van der Waals surface area (Å²) in [6.45, 7) is 20.1. The molecule has 0 aromatic heterocycles. The molecule has 6 rings (SSSR count). The second-order valence-electron chi connectivity index (χ2n) is 20.7. The van der Waals surface area contributed by atoms with Crippen LogP contribution in [0.4, 0.5) is 0 Å². The zero-order valence-electron chi connectivity index (χ0n) is 33.2. The first-order chi connectivity index (χ1) is 24.1. The summed E-state index contributed by atoms with van der Waals surface area (Å²) in [5, 5.41) is 71.7. The minimum atomic E-state index is -1.86. The molecule has 0 radical (unpaired) electrons. The summed E-state index contributed by atoms with van der Waals surface area (Å²) >= 11 is 0. The van der Waals surface area contributed by atoms with E-state index >= 15 is 0 Å². The predicted octanol–water partition coefficient (Wildman–Crippen LogP) is 5.13. The van der Waals surface area contributed by atoms with Crippen LogP contribution in [0.5, 0.6) is 0 Å². The Balaban J connectivity index is 1.05. The molecule has 5 aliphatic carbocycles. The van der Waals surface area contributed by atoms with E-state index in [0.717, 1.165) is 23.7 Å². The highest BCUT2D eigenvalue weighted by atomic mass is 16.7. The van der Waals surface area contributed by atoms with Crippen LogP contribution in [0.25, 0.3) is 0 Å². The number of hydrogen-bond donors (Lipinski definition) is 7. The fraction of sp³-hybridized carbons (Fsp3) is 0.976. The van der Waals surface area contributed by atoms with Crippen molar-refractivity contribution >= 4 is 5.97 Å². The first-order valence-corrected chi connectivity index (χ1v) is 20.7. The summed E-state index contributed by atoms with van der Waals surface area (Å²) in [5.41, 5.74) is 1.82. The van der Waals surface area contributed by atoms with E-state index in [-0.39, 0.29) is 0 Å². The molecular weight excluding hydrogens is 664 g/mol. The van der Waals surface area contributed by atoms with Crippen LogP contribution < -0.4 is 0 Å². The average molecular weight is 737 g/mol. The monoisotopic (exact) mass is 737 g/mol. The molecule has 6 aliphatic rings. The maximum Gasteiger partial charge on any atom is 0.335 e. The van der Waals surface area contributed by atoms with Gasteiger partial charge in [-0.3, -0.25) is 0 Å². The van der Waals surface area contributed by atoms with E-state index in [0.29, 0.717) is 57.7 Å². The van der Waals surface area contributed by atoms with E-state index in [4.69, 9.17) is 9.47 Å². The van der Waals surface area contributed by atoms with Gasteiger partial charge in [0.2, 0.25) is 0 Å². The van der Waals surface area contributed by atoms with E-state index in [1.807, 2.05) is 0 Å². The van der Waals surface area contributed by atoms with Crippen molar-refractivity contribution in [2.45, 2.75) is 181 Å². The normalized spacial score (nSPS) is 50.8. The molecule has 7 N–H and O–H groups in total. The fourth-order valence-electron chi connectivity index (χ4n) is 15.3. The summed E-state index contributed by atoms with van der Waals surface area (Å²) in [4.78, 5) is 11.4. The molecule has 0 amide bonds. The second-order valence-corrected chi connectivity index (χ2v) is 20.7. The molecule has 10 nitrogen and oxygen atoms in total. The summed E-state index contributed by atoms with van der Waals surface area (Å²) in [7, 11) is 0. The van der Waals surface area contributed by atoms with Gasteiger partial charge in [0.1, 0.15) is 30.5 Å². The SMILES string of the molecule is C[C@@H]1CC(C)(C)[C@@H]2CC[C@]3(C)[C@H](CC[C@@H]4[C@@]5(C)CC[C@H]([C@H](C)CCC(O)C(O)C(O)CO[C@@H]6O[C@H](C(=O)O)[C@@H](O)[C@H](O)[C@H]6O)[C@@H]5CC[C@]43C)[C@@]2(C)C1. The van der Waals surface area contributed by atoms with Gasteiger partial charge in [-0.1, -0.05) is 55.4 Å². The third-order valence-corrected chi connectivity index (χ3v) is 17.6. The Kier molecular flexibility index (Phi) is 11.2. The number of fused-ring (bicyclic) bond motifs is 7. The number of aliphatic carboxylic acids is 1. The first kappa shape index (κ1) is 40.8. The van der Waals surface area contributed by atoms with Gasteiger partial charge in [0, 0.05) is 0 Å². The zero-order chi connectivity index (χ0) is 38.3. The van der Waals surface area contributed by atoms with Crippen LogP contribution in [-0.4, -0.2) is 97.3 Å². The molecule has 1 saturated heterocycles. The van der Waals surface area contributed by atoms with Crippen molar-refractivity contribution < 1.29 is 50.0 Å². The lowest BCUT2D eigenvalue weighted by atomic mass is 9.31. The lowest BCUT2D eigenvalue weighted by Gasteiger charge is -2.73. The molecule has 3 unspecified atom stereocenters. The van der Waals surface area contributed by atoms with E-state index in [1.54, 1.807) is 0 Å². The number of carboxylic acids is 1. The summed E-state index contributed by atoms with van der Waals surface area (Å²) in [6.07, 6.45) is 0.972. The van der Waals surface area contributed by atoms with Gasteiger partial charge in [0.05, 0.1) is 12.7 Å². The van der Waals surface area contributed by atoms with Crippen molar-refractivity contribution in [3.05, 3.63) is 0 Å². The number of aliphatic hydroxyl groups is 6. The molecule has 6 fully saturated rings. The van der Waals surface area contributed by atoms with E-state index in [1.165, 1.54) is 64.2 Å². The van der Waals surface area contributed by atoms with Crippen LogP contribution in [0.1, 0.15) is 132 Å². The minimum Gasteiger partial charge on any atom is -0.479 e. The number of aliphatic hydroxyl groups excluding tert-OH is 6. The van der Waals surface area contributed by atoms with Crippen LogP contribution >= 0.6 is 0 Å². The average Bonchev–Trinajstić information content (AvgIpc) is 3.41. The maximum absolute atomic E-state index is 11.4. The van der Waals surface area contributed by atoms with Gasteiger partial charge < -0.3 is 45.2 Å². The van der Waals surface area contributed by atoms with Gasteiger partial charge in [-0.05, 0) is 146 Å². The zero-order valence-corrected chi connectivity index (χ0v) is 33.2. The predicted molar refractivity (Wildman–Crippen MR) is 196 cm³/mol. The third kappa shape index (κ3) is 6.43. The molecule has 0 bridgehead atoms. The summed E-state index contributed by atoms with van der Waals surface area (Å²) < 4.78 is 10.4. The molecule has 19 atom stereocenters. The second kappa shape index (κ2) is 14.3. The van der Waals surface area contributed by atoms with E-state index in [9.17, 15) is 40.5 Å². The van der Waals surface area contributed by atoms with E-state index in [2.05, 4.69) is 55.4 Å². The number of rotatable bonds is 10. The molecule has 1 heterocycles. The quantitative estimate of drug-likeness (QED) is 0.159. The number of carbonyl (C=O) groups is 1. The Morgan fingerprint density at radius 1 is 0.750 bits per heavy atom. The summed E-state index contributed by atoms with van der Waals surface area (Å²) in [6, 6.07) is 0. The van der Waals surface area contributed by atoms with Crippen LogP contribution in [0.3, 0.4) is 0 Å². The highest BCUT2D eigenvalue weighted by Crippen LogP contribution is 2.78. The minimum absolute atomic E-state index is 0.303. The van der Waals surface area contributed by atoms with Crippen molar-refractivity contribution in [1.82, 2.24) is 0 Å². The van der Waals surface area contributed by atoms with Gasteiger partial charge in [-0.2, -0.15) is 0 Å². The molecule has 10 heteroatoms. The first-order valence-electron chi connectivity index (χ1n) is 20.7. The van der Waals surface area contributed by atoms with Crippen molar-refractivity contribution in [1.29, 1.82) is 0 Å². The number of ether oxygens (including phenoxy) is 2. The molecule has 5 saturated carbocycles. The largest absolute Gasteiger partial charge is 0.479 e. The van der Waals surface area contributed by atoms with Crippen molar-refractivity contribution in [2.24, 2.45) is 68.5 Å². The standard InChI is InChI=1S/C42H72O10/c1-22-19-38(3,4)28-15-18-42(8)30(40(28,6)20-22)12-11-29-39(5)16-13-24(25(39)14-17-41(29,42)7)23(2)9-10-26(43)31(45)27(44)21-51-37-34(48)32(46)33(47)35(52-37)36(49)50/h22-35,37,43-48H,9-21H2,1-8H3,(H,49,50)/t22-,23-,24-,25+,26?,27?,28+,29-,30-,31?,32+,33+,34-,35+,37-,39+,40+,41-,42-/m1/s1. The Morgan fingerprint density at radius 2 is 1.37 bits per heavy atom. The fourth-order valence-corrected chi connectivity index (χ4v) is 15.3. The van der Waals surface area contributed by atoms with Gasteiger partial charge >= 0.3 is 5.97 Å². The van der Waals surface area contributed by atoms with Crippen molar-refractivity contribution in [2.75, 3.05) is 6.61 Å². The Bertz CT molecular complexity index is 1290. The van der Waals surface area contributed by atoms with Gasteiger partial charge in [-0.15, -0.1) is 0 Å². The van der Waals surface area contributed by atoms with E-state index < -0.39 is 61.6 Å². The Morgan fingerprint density at radius 3 is 2.00 bits per heavy atom. The highest BCUT2D eigenvalue weighted by Gasteiger charge is 2.70. The lowest BCUT2D eigenvalue weighted by molar-refractivity contribution is -0.299. The van der Waals surface area contributed by atoms with Crippen molar-refractivity contribution in [3.8, 4) is 0 Å². The smallest absolute Gasteiger partial charge is 0.335 e. The van der Waals surface area contributed by atoms with Crippen LogP contribution in [-0.2, 0) is 14.3 Å². The van der Waals surface area contributed by atoms with Gasteiger partial charge in [0.25, 0.3) is 0 Å². The molecular formula is C42H72O10. The molecule has 0 aromatic rings.